The summed E-state index contributed by atoms with van der Waals surface area (Å²) in [7, 11) is 0. The molecule has 0 spiro atoms. The number of aromatic carboxylic acids is 1. The first-order valence-electron chi connectivity index (χ1n) is 5.65. The number of nitrogens with one attached hydrogen (secondary N) is 1. The maximum atomic E-state index is 11.4. The first-order valence-corrected chi connectivity index (χ1v) is 5.65. The number of rotatable bonds is 5. The van der Waals surface area contributed by atoms with Crippen LogP contribution in [-0.4, -0.2) is 17.0 Å². The molecule has 5 nitrogen and oxygen atoms in total. The molecule has 2 rings (SSSR count). The summed E-state index contributed by atoms with van der Waals surface area (Å²) in [6.45, 7) is 1.85. The lowest BCUT2D eigenvalue weighted by molar-refractivity contribution is -0.121. The van der Waals surface area contributed by atoms with Gasteiger partial charge in [-0.3, -0.25) is 4.79 Å². The van der Waals surface area contributed by atoms with E-state index in [4.69, 9.17) is 9.52 Å². The minimum absolute atomic E-state index is 0.00146. The molecule has 0 bridgehead atoms. The number of hydrogen-bond acceptors (Lipinski definition) is 3. The minimum atomic E-state index is -1.01. The molecule has 1 heterocycles. The lowest BCUT2D eigenvalue weighted by Crippen LogP contribution is -2.22. The highest BCUT2D eigenvalue weighted by Crippen LogP contribution is 2.32. The van der Waals surface area contributed by atoms with E-state index >= 15 is 0 Å². The molecule has 92 valence electrons. The van der Waals surface area contributed by atoms with Gasteiger partial charge in [0, 0.05) is 6.42 Å². The summed E-state index contributed by atoms with van der Waals surface area (Å²) in [5.41, 5.74) is 0.149. The second-order valence-corrected chi connectivity index (χ2v) is 4.41. The Kier molecular flexibility index (Phi) is 3.17. The third kappa shape index (κ3) is 3.09. The van der Waals surface area contributed by atoms with Gasteiger partial charge in [0.15, 0.2) is 0 Å². The highest BCUT2D eigenvalue weighted by molar-refractivity contribution is 5.88. The normalized spacial score (nSPS) is 14.6. The predicted molar refractivity (Wildman–Crippen MR) is 59.6 cm³/mol. The molecule has 0 saturated heterocycles. The van der Waals surface area contributed by atoms with Crippen molar-refractivity contribution in [2.24, 2.45) is 5.92 Å². The Morgan fingerprint density at radius 3 is 2.76 bits per heavy atom. The number of aryl methyl sites for hydroxylation is 1. The van der Waals surface area contributed by atoms with Crippen LogP contribution in [0.15, 0.2) is 10.5 Å². The van der Waals surface area contributed by atoms with Crippen molar-refractivity contribution < 1.29 is 19.1 Å². The predicted octanol–water partition coefficient (Wildman–Crippen LogP) is 1.70. The molecular formula is C12H15NO4. The van der Waals surface area contributed by atoms with Gasteiger partial charge in [-0.1, -0.05) is 0 Å². The number of furan rings is 1. The first kappa shape index (κ1) is 11.7. The van der Waals surface area contributed by atoms with Gasteiger partial charge in [-0.15, -0.1) is 0 Å². The van der Waals surface area contributed by atoms with E-state index < -0.39 is 5.97 Å². The molecule has 1 amide bonds. The quantitative estimate of drug-likeness (QED) is 0.816. The fourth-order valence-corrected chi connectivity index (χ4v) is 1.69. The Bertz CT molecular complexity index is 445. The van der Waals surface area contributed by atoms with Crippen LogP contribution in [0.4, 0.5) is 0 Å². The van der Waals surface area contributed by atoms with Gasteiger partial charge in [0.05, 0.1) is 6.54 Å². The molecule has 17 heavy (non-hydrogen) atoms. The zero-order valence-electron chi connectivity index (χ0n) is 9.66. The zero-order chi connectivity index (χ0) is 12.4. The maximum absolute atomic E-state index is 11.4. The molecule has 2 N–H and O–H groups in total. The highest BCUT2D eigenvalue weighted by Gasteiger charge is 2.24. The van der Waals surface area contributed by atoms with E-state index in [1.807, 2.05) is 0 Å². The number of carbonyl (C=O) groups is 2. The molecule has 0 aromatic carbocycles. The second kappa shape index (κ2) is 4.61. The fourth-order valence-electron chi connectivity index (χ4n) is 1.69. The van der Waals surface area contributed by atoms with Crippen molar-refractivity contribution in [2.75, 3.05) is 0 Å². The van der Waals surface area contributed by atoms with Crippen LogP contribution >= 0.6 is 0 Å². The van der Waals surface area contributed by atoms with Crippen LogP contribution in [0.25, 0.3) is 0 Å². The third-order valence-corrected chi connectivity index (χ3v) is 2.83. The molecule has 1 aliphatic carbocycles. The van der Waals surface area contributed by atoms with Crippen LogP contribution in [0, 0.1) is 12.8 Å². The number of hydrogen-bond donors (Lipinski definition) is 2. The molecule has 1 saturated carbocycles. The van der Waals surface area contributed by atoms with E-state index in [9.17, 15) is 9.59 Å². The van der Waals surface area contributed by atoms with Gasteiger partial charge in [-0.2, -0.15) is 0 Å². The van der Waals surface area contributed by atoms with E-state index in [2.05, 4.69) is 5.32 Å². The molecule has 0 unspecified atom stereocenters. The minimum Gasteiger partial charge on any atom is -0.478 e. The summed E-state index contributed by atoms with van der Waals surface area (Å²) < 4.78 is 5.25. The number of amides is 1. The van der Waals surface area contributed by atoms with Gasteiger partial charge < -0.3 is 14.8 Å². The van der Waals surface area contributed by atoms with Gasteiger partial charge in [-0.25, -0.2) is 4.79 Å². The summed E-state index contributed by atoms with van der Waals surface area (Å²) in [6, 6.07) is 1.45. The topological polar surface area (TPSA) is 79.5 Å². The van der Waals surface area contributed by atoms with E-state index in [0.29, 0.717) is 23.9 Å². The molecule has 1 aliphatic rings. The first-order chi connectivity index (χ1) is 8.06. The highest BCUT2D eigenvalue weighted by atomic mass is 16.4. The zero-order valence-corrected chi connectivity index (χ0v) is 9.66. The van der Waals surface area contributed by atoms with Crippen LogP contribution in [0.2, 0.25) is 0 Å². The van der Waals surface area contributed by atoms with Gasteiger partial charge in [0.25, 0.3) is 0 Å². The van der Waals surface area contributed by atoms with Gasteiger partial charge in [0.1, 0.15) is 17.1 Å². The monoisotopic (exact) mass is 237 g/mol. The Morgan fingerprint density at radius 1 is 1.53 bits per heavy atom. The molecule has 1 fully saturated rings. The molecule has 0 atom stereocenters. The van der Waals surface area contributed by atoms with Crippen LogP contribution in [0.1, 0.15) is 41.1 Å². The molecule has 1 aromatic heterocycles. The van der Waals surface area contributed by atoms with Crippen LogP contribution < -0.4 is 5.32 Å². The van der Waals surface area contributed by atoms with E-state index in [1.165, 1.54) is 6.07 Å². The SMILES string of the molecule is Cc1oc(CNC(=O)CC2CC2)cc1C(=O)O. The Labute approximate surface area is 98.8 Å². The second-order valence-electron chi connectivity index (χ2n) is 4.41. The average Bonchev–Trinajstić information content (AvgIpc) is 2.97. The number of carboxylic acid groups (broad SMARTS) is 1. The van der Waals surface area contributed by atoms with Crippen molar-refractivity contribution in [1.29, 1.82) is 0 Å². The smallest absolute Gasteiger partial charge is 0.339 e. The summed E-state index contributed by atoms with van der Waals surface area (Å²) in [6.07, 6.45) is 2.83. The maximum Gasteiger partial charge on any atom is 0.339 e. The molecule has 1 aromatic rings. The third-order valence-electron chi connectivity index (χ3n) is 2.83. The van der Waals surface area contributed by atoms with Crippen LogP contribution in [0.5, 0.6) is 0 Å². The average molecular weight is 237 g/mol. The van der Waals surface area contributed by atoms with Crippen molar-refractivity contribution in [1.82, 2.24) is 5.32 Å². The number of carbonyl (C=O) groups excluding carboxylic acids is 1. The summed E-state index contributed by atoms with van der Waals surface area (Å²) >= 11 is 0. The van der Waals surface area contributed by atoms with Crippen LogP contribution in [0.3, 0.4) is 0 Å². The largest absolute Gasteiger partial charge is 0.478 e. The lowest BCUT2D eigenvalue weighted by Gasteiger charge is -2.01. The van der Waals surface area contributed by atoms with Crippen molar-refractivity contribution in [2.45, 2.75) is 32.7 Å². The van der Waals surface area contributed by atoms with E-state index in [1.54, 1.807) is 6.92 Å². The van der Waals surface area contributed by atoms with Crippen molar-refractivity contribution >= 4 is 11.9 Å². The molecule has 0 aliphatic heterocycles. The summed E-state index contributed by atoms with van der Waals surface area (Å²) in [4.78, 5) is 22.2. The van der Waals surface area contributed by atoms with Crippen molar-refractivity contribution in [3.05, 3.63) is 23.2 Å². The summed E-state index contributed by atoms with van der Waals surface area (Å²) in [5, 5.41) is 11.6. The fraction of sp³-hybridized carbons (Fsp3) is 0.500. The number of carboxylic acids is 1. The molecule has 5 heteroatoms. The lowest BCUT2D eigenvalue weighted by atomic mass is 10.2. The van der Waals surface area contributed by atoms with Crippen molar-refractivity contribution in [3.8, 4) is 0 Å². The van der Waals surface area contributed by atoms with Gasteiger partial charge in [-0.05, 0) is 31.7 Å². The van der Waals surface area contributed by atoms with Crippen molar-refractivity contribution in [3.63, 3.8) is 0 Å². The molecule has 0 radical (unpaired) electrons. The standard InChI is InChI=1S/C12H15NO4/c1-7-10(12(15)16)5-9(17-7)6-13-11(14)4-8-2-3-8/h5,8H,2-4,6H2,1H3,(H,13,14)(H,15,16). The van der Waals surface area contributed by atoms with E-state index in [-0.39, 0.29) is 18.0 Å². The Balaban J connectivity index is 1.87. The summed E-state index contributed by atoms with van der Waals surface area (Å²) in [5.74, 6) is 0.371. The Morgan fingerprint density at radius 2 is 2.24 bits per heavy atom. The van der Waals surface area contributed by atoms with Gasteiger partial charge in [0.2, 0.25) is 5.91 Å². The van der Waals surface area contributed by atoms with E-state index in [0.717, 1.165) is 12.8 Å². The van der Waals surface area contributed by atoms with Crippen LogP contribution in [-0.2, 0) is 11.3 Å². The Hall–Kier alpha value is -1.78. The molecular weight excluding hydrogens is 222 g/mol. The van der Waals surface area contributed by atoms with Gasteiger partial charge >= 0.3 is 5.97 Å².